The first-order valence-corrected chi connectivity index (χ1v) is 8.71. The SMILES string of the molecule is CCO[C@H]1C[C@H](O)C12CCN(C(=O)c1coc3ccccc13)CC2. The van der Waals surface area contributed by atoms with Crippen LogP contribution in [-0.2, 0) is 4.74 Å². The number of benzene rings is 1. The zero-order chi connectivity index (χ0) is 16.7. The first kappa shape index (κ1) is 15.7. The van der Waals surface area contributed by atoms with E-state index in [9.17, 15) is 9.90 Å². The van der Waals surface area contributed by atoms with Crippen LogP contribution in [0.4, 0.5) is 0 Å². The molecule has 24 heavy (non-hydrogen) atoms. The first-order valence-electron chi connectivity index (χ1n) is 8.71. The van der Waals surface area contributed by atoms with Gasteiger partial charge in [-0.3, -0.25) is 4.79 Å². The third-order valence-corrected chi connectivity index (χ3v) is 5.80. The Morgan fingerprint density at radius 3 is 2.83 bits per heavy atom. The number of piperidine rings is 1. The van der Waals surface area contributed by atoms with Gasteiger partial charge in [0.2, 0.25) is 0 Å². The van der Waals surface area contributed by atoms with Crippen LogP contribution in [-0.4, -0.2) is 47.8 Å². The molecule has 2 aromatic rings. The van der Waals surface area contributed by atoms with E-state index in [1.54, 1.807) is 6.26 Å². The van der Waals surface area contributed by atoms with Gasteiger partial charge in [0.15, 0.2) is 0 Å². The van der Waals surface area contributed by atoms with E-state index in [0.717, 1.165) is 23.8 Å². The standard InChI is InChI=1S/C19H23NO4/c1-2-23-17-11-16(21)19(17)7-9-20(10-8-19)18(22)14-12-24-15-6-4-3-5-13(14)15/h3-6,12,16-17,21H,2,7-11H2,1H3/t16-,17-/m0/s1. The van der Waals surface area contributed by atoms with E-state index in [0.29, 0.717) is 31.7 Å². The number of aliphatic hydroxyl groups excluding tert-OH is 1. The van der Waals surface area contributed by atoms with Crippen molar-refractivity contribution < 1.29 is 19.1 Å². The van der Waals surface area contributed by atoms with Crippen molar-refractivity contribution in [3.8, 4) is 0 Å². The summed E-state index contributed by atoms with van der Waals surface area (Å²) in [6.07, 6.45) is 3.68. The van der Waals surface area contributed by atoms with Crippen LogP contribution in [0.2, 0.25) is 0 Å². The van der Waals surface area contributed by atoms with Gasteiger partial charge >= 0.3 is 0 Å². The molecule has 2 fully saturated rings. The number of fused-ring (bicyclic) bond motifs is 1. The monoisotopic (exact) mass is 329 g/mol. The van der Waals surface area contributed by atoms with Gasteiger partial charge in [0.05, 0.1) is 17.8 Å². The molecule has 0 unspecified atom stereocenters. The molecule has 1 aromatic carbocycles. The predicted molar refractivity (Wildman–Crippen MR) is 89.8 cm³/mol. The van der Waals surface area contributed by atoms with Gasteiger partial charge in [-0.15, -0.1) is 0 Å². The van der Waals surface area contributed by atoms with Crippen LogP contribution >= 0.6 is 0 Å². The molecule has 0 bridgehead atoms. The number of carbonyl (C=O) groups is 1. The predicted octanol–water partition coefficient (Wildman–Crippen LogP) is 2.82. The number of hydrogen-bond acceptors (Lipinski definition) is 4. The quantitative estimate of drug-likeness (QED) is 0.940. The summed E-state index contributed by atoms with van der Waals surface area (Å²) in [7, 11) is 0. The minimum Gasteiger partial charge on any atom is -0.463 e. The number of ether oxygens (including phenoxy) is 1. The second-order valence-corrected chi connectivity index (χ2v) is 6.87. The molecule has 1 aromatic heterocycles. The smallest absolute Gasteiger partial charge is 0.257 e. The molecule has 2 atom stereocenters. The maximum absolute atomic E-state index is 12.9. The second-order valence-electron chi connectivity index (χ2n) is 6.87. The Morgan fingerprint density at radius 2 is 2.12 bits per heavy atom. The van der Waals surface area contributed by atoms with E-state index in [1.165, 1.54) is 0 Å². The number of amides is 1. The van der Waals surface area contributed by atoms with Gasteiger partial charge in [-0.1, -0.05) is 18.2 Å². The molecule has 2 aliphatic rings. The van der Waals surface area contributed by atoms with Crippen molar-refractivity contribution in [2.75, 3.05) is 19.7 Å². The zero-order valence-corrected chi connectivity index (χ0v) is 13.9. The molecule has 1 N–H and O–H groups in total. The van der Waals surface area contributed by atoms with Gasteiger partial charge < -0.3 is 19.2 Å². The molecule has 1 spiro atoms. The molecular weight excluding hydrogens is 306 g/mol. The van der Waals surface area contributed by atoms with Gasteiger partial charge in [-0.05, 0) is 25.8 Å². The molecular formula is C19H23NO4. The van der Waals surface area contributed by atoms with E-state index in [2.05, 4.69) is 0 Å². The van der Waals surface area contributed by atoms with E-state index < -0.39 is 0 Å². The Balaban J connectivity index is 1.49. The van der Waals surface area contributed by atoms with Gasteiger partial charge in [-0.2, -0.15) is 0 Å². The highest BCUT2D eigenvalue weighted by atomic mass is 16.5. The average molecular weight is 329 g/mol. The lowest BCUT2D eigenvalue weighted by atomic mass is 9.58. The Hall–Kier alpha value is -1.85. The fraction of sp³-hybridized carbons (Fsp3) is 0.526. The minimum absolute atomic E-state index is 0.0107. The number of aliphatic hydroxyl groups is 1. The van der Waals surface area contributed by atoms with E-state index in [4.69, 9.17) is 9.15 Å². The van der Waals surface area contributed by atoms with E-state index in [-0.39, 0.29) is 23.5 Å². The molecule has 1 saturated carbocycles. The molecule has 1 aliphatic carbocycles. The largest absolute Gasteiger partial charge is 0.463 e. The van der Waals surface area contributed by atoms with Crippen molar-refractivity contribution in [2.24, 2.45) is 5.41 Å². The summed E-state index contributed by atoms with van der Waals surface area (Å²) in [5, 5.41) is 11.1. The number of hydrogen-bond donors (Lipinski definition) is 1. The molecule has 1 amide bonds. The Kier molecular flexibility index (Phi) is 3.85. The van der Waals surface area contributed by atoms with Crippen molar-refractivity contribution >= 4 is 16.9 Å². The Bertz CT molecular complexity index is 743. The van der Waals surface area contributed by atoms with Crippen molar-refractivity contribution in [3.05, 3.63) is 36.1 Å². The maximum atomic E-state index is 12.9. The lowest BCUT2D eigenvalue weighted by molar-refractivity contribution is -0.207. The summed E-state index contributed by atoms with van der Waals surface area (Å²) in [6, 6.07) is 7.60. The molecule has 1 aliphatic heterocycles. The third kappa shape index (κ3) is 2.26. The molecule has 4 rings (SSSR count). The van der Waals surface area contributed by atoms with Crippen LogP contribution in [0.15, 0.2) is 34.9 Å². The van der Waals surface area contributed by atoms with Crippen LogP contribution in [0.1, 0.15) is 36.5 Å². The van der Waals surface area contributed by atoms with Crippen LogP contribution in [0.25, 0.3) is 11.0 Å². The Morgan fingerprint density at radius 1 is 1.38 bits per heavy atom. The van der Waals surface area contributed by atoms with Crippen molar-refractivity contribution in [1.82, 2.24) is 4.90 Å². The molecule has 5 nitrogen and oxygen atoms in total. The average Bonchev–Trinajstić information content (AvgIpc) is 3.05. The lowest BCUT2D eigenvalue weighted by Gasteiger charge is -2.56. The molecule has 0 radical (unpaired) electrons. The number of likely N-dealkylation sites (tertiary alicyclic amines) is 1. The highest BCUT2D eigenvalue weighted by Gasteiger charge is 2.56. The van der Waals surface area contributed by atoms with Gasteiger partial charge in [0, 0.05) is 36.9 Å². The van der Waals surface area contributed by atoms with Crippen LogP contribution in [0.5, 0.6) is 0 Å². The molecule has 128 valence electrons. The van der Waals surface area contributed by atoms with Gasteiger partial charge in [-0.25, -0.2) is 0 Å². The summed E-state index contributed by atoms with van der Waals surface area (Å²) in [5.74, 6) is 0.0107. The second kappa shape index (κ2) is 5.90. The molecule has 5 heteroatoms. The van der Waals surface area contributed by atoms with Crippen LogP contribution < -0.4 is 0 Å². The van der Waals surface area contributed by atoms with E-state index >= 15 is 0 Å². The maximum Gasteiger partial charge on any atom is 0.257 e. The first-order chi connectivity index (χ1) is 11.7. The van der Waals surface area contributed by atoms with Crippen LogP contribution in [0, 0.1) is 5.41 Å². The summed E-state index contributed by atoms with van der Waals surface area (Å²) >= 11 is 0. The highest BCUT2D eigenvalue weighted by molar-refractivity contribution is 6.05. The highest BCUT2D eigenvalue weighted by Crippen LogP contribution is 2.51. The summed E-state index contributed by atoms with van der Waals surface area (Å²) in [4.78, 5) is 14.7. The van der Waals surface area contributed by atoms with Crippen LogP contribution in [0.3, 0.4) is 0 Å². The summed E-state index contributed by atoms with van der Waals surface area (Å²) in [5.41, 5.74) is 1.20. The van der Waals surface area contributed by atoms with Crippen molar-refractivity contribution in [1.29, 1.82) is 0 Å². The number of nitrogens with zero attached hydrogens (tertiary/aromatic N) is 1. The Labute approximate surface area is 141 Å². The summed E-state index contributed by atoms with van der Waals surface area (Å²) < 4.78 is 11.3. The minimum atomic E-state index is -0.305. The van der Waals surface area contributed by atoms with Crippen molar-refractivity contribution in [3.63, 3.8) is 0 Å². The van der Waals surface area contributed by atoms with Gasteiger partial charge in [0.1, 0.15) is 11.8 Å². The molecule has 1 saturated heterocycles. The number of rotatable bonds is 3. The summed E-state index contributed by atoms with van der Waals surface area (Å²) in [6.45, 7) is 3.96. The number of furan rings is 1. The lowest BCUT2D eigenvalue weighted by Crippen LogP contribution is -2.62. The van der Waals surface area contributed by atoms with Crippen molar-refractivity contribution in [2.45, 2.75) is 38.4 Å². The van der Waals surface area contributed by atoms with E-state index in [1.807, 2.05) is 36.1 Å². The van der Waals surface area contributed by atoms with Gasteiger partial charge in [0.25, 0.3) is 5.91 Å². The molecule has 2 heterocycles. The zero-order valence-electron chi connectivity index (χ0n) is 13.9. The fourth-order valence-electron chi connectivity index (χ4n) is 4.26. The third-order valence-electron chi connectivity index (χ3n) is 5.80. The normalized spacial score (nSPS) is 25.8. The topological polar surface area (TPSA) is 62.9 Å². The number of carbonyl (C=O) groups excluding carboxylic acids is 1. The fourth-order valence-corrected chi connectivity index (χ4v) is 4.26. The number of para-hydroxylation sites is 1.